The molecule has 1 amide bonds. The lowest BCUT2D eigenvalue weighted by atomic mass is 9.87. The summed E-state index contributed by atoms with van der Waals surface area (Å²) in [6.07, 6.45) is 5.78. The molecule has 3 nitrogen and oxygen atoms in total. The zero-order valence-electron chi connectivity index (χ0n) is 12.4. The van der Waals surface area contributed by atoms with Crippen molar-refractivity contribution in [3.63, 3.8) is 0 Å². The lowest BCUT2D eigenvalue weighted by Gasteiger charge is -2.29. The van der Waals surface area contributed by atoms with Crippen LogP contribution in [0.2, 0.25) is 0 Å². The Balaban J connectivity index is 1.71. The molecule has 2 rings (SSSR count). The van der Waals surface area contributed by atoms with Crippen molar-refractivity contribution in [3.8, 4) is 0 Å². The number of carbonyl (C=O) groups excluding carboxylic acids is 1. The minimum atomic E-state index is 0.0189. The van der Waals surface area contributed by atoms with E-state index in [0.717, 1.165) is 25.9 Å². The van der Waals surface area contributed by atoms with Crippen LogP contribution in [-0.2, 0) is 11.2 Å². The van der Waals surface area contributed by atoms with Gasteiger partial charge in [-0.25, -0.2) is 0 Å². The van der Waals surface area contributed by atoms with E-state index in [4.69, 9.17) is 0 Å². The van der Waals surface area contributed by atoms with E-state index in [1.54, 1.807) is 0 Å². The number of benzene rings is 1. The fraction of sp³-hybridized carbons (Fsp3) is 0.588. The SMILES string of the molecule is CCNC(=O)C1CC(CCCc2ccccc2)CCN1. The van der Waals surface area contributed by atoms with Gasteiger partial charge >= 0.3 is 0 Å². The molecular formula is C17H26N2O. The van der Waals surface area contributed by atoms with Crippen molar-refractivity contribution in [1.82, 2.24) is 10.6 Å². The van der Waals surface area contributed by atoms with E-state index in [-0.39, 0.29) is 11.9 Å². The Bertz CT molecular complexity index is 405. The number of hydrogen-bond acceptors (Lipinski definition) is 2. The highest BCUT2D eigenvalue weighted by molar-refractivity contribution is 5.81. The van der Waals surface area contributed by atoms with Crippen LogP contribution in [0.4, 0.5) is 0 Å². The molecule has 20 heavy (non-hydrogen) atoms. The Labute approximate surface area is 122 Å². The number of amides is 1. The second-order valence-corrected chi connectivity index (χ2v) is 5.67. The van der Waals surface area contributed by atoms with Crippen molar-refractivity contribution in [1.29, 1.82) is 0 Å². The molecule has 110 valence electrons. The van der Waals surface area contributed by atoms with E-state index in [2.05, 4.69) is 41.0 Å². The van der Waals surface area contributed by atoms with Gasteiger partial charge in [0.2, 0.25) is 5.91 Å². The summed E-state index contributed by atoms with van der Waals surface area (Å²) < 4.78 is 0. The first-order valence-electron chi connectivity index (χ1n) is 7.84. The van der Waals surface area contributed by atoms with Crippen LogP contribution in [0.3, 0.4) is 0 Å². The van der Waals surface area contributed by atoms with Gasteiger partial charge in [0.25, 0.3) is 0 Å². The Morgan fingerprint density at radius 1 is 1.35 bits per heavy atom. The standard InChI is InChI=1S/C17H26N2O/c1-2-18-17(20)16-13-15(11-12-19-16)10-6-9-14-7-4-3-5-8-14/h3-5,7-8,15-16,19H,2,6,9-13H2,1H3,(H,18,20). The van der Waals surface area contributed by atoms with Gasteiger partial charge in [-0.15, -0.1) is 0 Å². The summed E-state index contributed by atoms with van der Waals surface area (Å²) in [5.41, 5.74) is 1.42. The Morgan fingerprint density at radius 3 is 2.90 bits per heavy atom. The largest absolute Gasteiger partial charge is 0.355 e. The predicted molar refractivity (Wildman–Crippen MR) is 82.6 cm³/mol. The zero-order valence-corrected chi connectivity index (χ0v) is 12.4. The van der Waals surface area contributed by atoms with Gasteiger partial charge in [0.1, 0.15) is 0 Å². The summed E-state index contributed by atoms with van der Waals surface area (Å²) >= 11 is 0. The highest BCUT2D eigenvalue weighted by Crippen LogP contribution is 2.22. The molecule has 0 saturated carbocycles. The third kappa shape index (κ3) is 4.64. The van der Waals surface area contributed by atoms with Gasteiger partial charge in [0.15, 0.2) is 0 Å². The molecule has 2 unspecified atom stereocenters. The molecule has 1 aromatic rings. The van der Waals surface area contributed by atoms with E-state index in [1.165, 1.54) is 24.8 Å². The van der Waals surface area contributed by atoms with Crippen molar-refractivity contribution in [2.24, 2.45) is 5.92 Å². The van der Waals surface area contributed by atoms with Gasteiger partial charge < -0.3 is 10.6 Å². The molecule has 1 heterocycles. The molecule has 0 spiro atoms. The van der Waals surface area contributed by atoms with E-state index in [9.17, 15) is 4.79 Å². The van der Waals surface area contributed by atoms with Crippen LogP contribution in [0.5, 0.6) is 0 Å². The molecule has 1 fully saturated rings. The summed E-state index contributed by atoms with van der Waals surface area (Å²) in [6, 6.07) is 10.7. The van der Waals surface area contributed by atoms with Gasteiger partial charge in [-0.1, -0.05) is 36.8 Å². The number of piperidine rings is 1. The molecule has 1 saturated heterocycles. The second-order valence-electron chi connectivity index (χ2n) is 5.67. The number of nitrogens with one attached hydrogen (secondary N) is 2. The van der Waals surface area contributed by atoms with Gasteiger partial charge in [-0.05, 0) is 50.6 Å². The monoisotopic (exact) mass is 274 g/mol. The topological polar surface area (TPSA) is 41.1 Å². The first-order valence-corrected chi connectivity index (χ1v) is 7.84. The highest BCUT2D eigenvalue weighted by Gasteiger charge is 2.25. The van der Waals surface area contributed by atoms with E-state index in [1.807, 2.05) is 6.92 Å². The Hall–Kier alpha value is -1.35. The molecule has 0 radical (unpaired) electrons. The van der Waals surface area contributed by atoms with E-state index >= 15 is 0 Å². The van der Waals surface area contributed by atoms with Crippen molar-refractivity contribution >= 4 is 5.91 Å². The fourth-order valence-corrected chi connectivity index (χ4v) is 3.00. The minimum absolute atomic E-state index is 0.0189. The third-order valence-electron chi connectivity index (χ3n) is 4.10. The van der Waals surface area contributed by atoms with Gasteiger partial charge in [-0.3, -0.25) is 4.79 Å². The number of hydrogen-bond donors (Lipinski definition) is 2. The summed E-state index contributed by atoms with van der Waals surface area (Å²) in [6.45, 7) is 3.66. The molecule has 2 atom stereocenters. The normalized spacial score (nSPS) is 22.4. The molecule has 2 N–H and O–H groups in total. The van der Waals surface area contributed by atoms with Crippen LogP contribution in [0, 0.1) is 5.92 Å². The zero-order chi connectivity index (χ0) is 14.2. The minimum Gasteiger partial charge on any atom is -0.355 e. The van der Waals surface area contributed by atoms with E-state index in [0.29, 0.717) is 5.92 Å². The molecule has 3 heteroatoms. The van der Waals surface area contributed by atoms with E-state index < -0.39 is 0 Å². The lowest BCUT2D eigenvalue weighted by Crippen LogP contribution is -2.48. The summed E-state index contributed by atoms with van der Waals surface area (Å²) in [5, 5.41) is 6.25. The molecule has 1 aliphatic rings. The molecule has 1 aliphatic heterocycles. The molecular weight excluding hydrogens is 248 g/mol. The predicted octanol–water partition coefficient (Wildman–Crippen LogP) is 2.51. The van der Waals surface area contributed by atoms with Gasteiger partial charge in [-0.2, -0.15) is 0 Å². The number of rotatable bonds is 6. The summed E-state index contributed by atoms with van der Waals surface area (Å²) in [5.74, 6) is 0.854. The van der Waals surface area contributed by atoms with Crippen molar-refractivity contribution < 1.29 is 4.79 Å². The van der Waals surface area contributed by atoms with Crippen LogP contribution < -0.4 is 10.6 Å². The third-order valence-corrected chi connectivity index (χ3v) is 4.10. The average Bonchev–Trinajstić information content (AvgIpc) is 2.49. The van der Waals surface area contributed by atoms with Crippen LogP contribution in [0.1, 0.15) is 38.2 Å². The molecule has 0 aromatic heterocycles. The summed E-state index contributed by atoms with van der Waals surface area (Å²) in [7, 11) is 0. The number of likely N-dealkylation sites (N-methyl/N-ethyl adjacent to an activating group) is 1. The van der Waals surface area contributed by atoms with Crippen LogP contribution in [-0.4, -0.2) is 25.0 Å². The van der Waals surface area contributed by atoms with Crippen LogP contribution in [0.25, 0.3) is 0 Å². The smallest absolute Gasteiger partial charge is 0.237 e. The average molecular weight is 274 g/mol. The van der Waals surface area contributed by atoms with Crippen molar-refractivity contribution in [2.45, 2.75) is 45.1 Å². The van der Waals surface area contributed by atoms with Gasteiger partial charge in [0.05, 0.1) is 6.04 Å². The number of aryl methyl sites for hydroxylation is 1. The molecule has 0 bridgehead atoms. The molecule has 0 aliphatic carbocycles. The Kier molecular flexibility index (Phi) is 6.06. The first kappa shape index (κ1) is 15.0. The first-order chi connectivity index (χ1) is 9.79. The van der Waals surface area contributed by atoms with Crippen LogP contribution >= 0.6 is 0 Å². The lowest BCUT2D eigenvalue weighted by molar-refractivity contribution is -0.124. The van der Waals surface area contributed by atoms with Crippen molar-refractivity contribution in [2.75, 3.05) is 13.1 Å². The quantitative estimate of drug-likeness (QED) is 0.837. The van der Waals surface area contributed by atoms with Crippen LogP contribution in [0.15, 0.2) is 30.3 Å². The highest BCUT2D eigenvalue weighted by atomic mass is 16.2. The fourth-order valence-electron chi connectivity index (χ4n) is 3.00. The number of carbonyl (C=O) groups is 1. The van der Waals surface area contributed by atoms with Crippen molar-refractivity contribution in [3.05, 3.63) is 35.9 Å². The second kappa shape index (κ2) is 8.05. The molecule has 1 aromatic carbocycles. The van der Waals surface area contributed by atoms with Gasteiger partial charge in [0, 0.05) is 6.54 Å². The maximum absolute atomic E-state index is 11.9. The Morgan fingerprint density at radius 2 is 2.15 bits per heavy atom. The maximum Gasteiger partial charge on any atom is 0.237 e. The maximum atomic E-state index is 11.9. The summed E-state index contributed by atoms with van der Waals surface area (Å²) in [4.78, 5) is 11.9.